The Labute approximate surface area is 107 Å². The largest absolute Gasteiger partial charge is 0.389 e. The molecule has 5 heteroatoms. The molecule has 1 heterocycles. The number of hydrogen-bond acceptors (Lipinski definition) is 2. The van der Waals surface area contributed by atoms with Crippen molar-refractivity contribution in [2.24, 2.45) is 0 Å². The van der Waals surface area contributed by atoms with Gasteiger partial charge in [-0.05, 0) is 45.1 Å². The van der Waals surface area contributed by atoms with Gasteiger partial charge in [0.1, 0.15) is 0 Å². The summed E-state index contributed by atoms with van der Waals surface area (Å²) in [7, 11) is 0. The molecule has 1 saturated heterocycles. The Bertz CT molecular complexity index is 215. The molecular formula is C13H24F3NO. The van der Waals surface area contributed by atoms with Crippen LogP contribution in [0.4, 0.5) is 13.2 Å². The molecule has 0 spiro atoms. The van der Waals surface area contributed by atoms with E-state index < -0.39 is 12.6 Å². The second kappa shape index (κ2) is 8.00. The van der Waals surface area contributed by atoms with Gasteiger partial charge in [-0.2, -0.15) is 13.2 Å². The molecular weight excluding hydrogens is 243 g/mol. The molecule has 1 aliphatic rings. The van der Waals surface area contributed by atoms with Crippen molar-refractivity contribution in [3.8, 4) is 0 Å². The van der Waals surface area contributed by atoms with Gasteiger partial charge in [0.25, 0.3) is 0 Å². The number of ether oxygens (including phenoxy) is 1. The summed E-state index contributed by atoms with van der Waals surface area (Å²) in [5.74, 6) is 0. The standard InChI is InChI=1S/C13H24F3NO/c1-2-8-17-11(5-3-7-13(14,15)16)10-12-6-4-9-18-12/h11-12,17H,2-10H2,1H3. The van der Waals surface area contributed by atoms with Crippen LogP contribution in [0.25, 0.3) is 0 Å². The van der Waals surface area contributed by atoms with Crippen molar-refractivity contribution >= 4 is 0 Å². The van der Waals surface area contributed by atoms with E-state index in [-0.39, 0.29) is 18.6 Å². The molecule has 2 nitrogen and oxygen atoms in total. The summed E-state index contributed by atoms with van der Waals surface area (Å²) < 4.78 is 41.9. The highest BCUT2D eigenvalue weighted by atomic mass is 19.4. The van der Waals surface area contributed by atoms with E-state index in [1.165, 1.54) is 0 Å². The van der Waals surface area contributed by atoms with Gasteiger partial charge in [-0.3, -0.25) is 0 Å². The number of rotatable bonds is 8. The molecule has 108 valence electrons. The molecule has 0 aromatic heterocycles. The minimum atomic E-state index is -4.03. The lowest BCUT2D eigenvalue weighted by Gasteiger charge is -2.22. The highest BCUT2D eigenvalue weighted by Crippen LogP contribution is 2.24. The monoisotopic (exact) mass is 267 g/mol. The summed E-state index contributed by atoms with van der Waals surface area (Å²) in [6, 6.07) is 0.162. The lowest BCUT2D eigenvalue weighted by Crippen LogP contribution is -2.33. The molecule has 0 radical (unpaired) electrons. The highest BCUT2D eigenvalue weighted by molar-refractivity contribution is 4.75. The van der Waals surface area contributed by atoms with Crippen LogP contribution in [-0.2, 0) is 4.74 Å². The molecule has 0 aromatic carbocycles. The van der Waals surface area contributed by atoms with Gasteiger partial charge in [0, 0.05) is 19.1 Å². The van der Waals surface area contributed by atoms with Crippen molar-refractivity contribution in [2.45, 2.75) is 70.2 Å². The van der Waals surface area contributed by atoms with E-state index in [4.69, 9.17) is 4.74 Å². The van der Waals surface area contributed by atoms with Gasteiger partial charge in [-0.25, -0.2) is 0 Å². The van der Waals surface area contributed by atoms with Crippen LogP contribution in [0.15, 0.2) is 0 Å². The van der Waals surface area contributed by atoms with E-state index in [9.17, 15) is 13.2 Å². The molecule has 0 bridgehead atoms. The molecule has 2 unspecified atom stereocenters. The molecule has 1 N–H and O–H groups in total. The maximum Gasteiger partial charge on any atom is 0.389 e. The first-order chi connectivity index (χ1) is 8.51. The van der Waals surface area contributed by atoms with Crippen LogP contribution >= 0.6 is 0 Å². The van der Waals surface area contributed by atoms with Crippen LogP contribution in [0.2, 0.25) is 0 Å². The average molecular weight is 267 g/mol. The third-order valence-corrected chi connectivity index (χ3v) is 3.27. The van der Waals surface area contributed by atoms with Crippen molar-refractivity contribution in [1.29, 1.82) is 0 Å². The van der Waals surface area contributed by atoms with Gasteiger partial charge >= 0.3 is 6.18 Å². The van der Waals surface area contributed by atoms with E-state index in [0.717, 1.165) is 38.8 Å². The third kappa shape index (κ3) is 7.21. The quantitative estimate of drug-likeness (QED) is 0.724. The number of halogens is 3. The minimum absolute atomic E-state index is 0.162. The zero-order chi connectivity index (χ0) is 13.4. The lowest BCUT2D eigenvalue weighted by molar-refractivity contribution is -0.135. The number of nitrogens with one attached hydrogen (secondary N) is 1. The summed E-state index contributed by atoms with van der Waals surface area (Å²) in [6.45, 7) is 3.73. The fourth-order valence-corrected chi connectivity index (χ4v) is 2.35. The second-order valence-electron chi connectivity index (χ2n) is 5.03. The van der Waals surface area contributed by atoms with E-state index in [0.29, 0.717) is 6.42 Å². The molecule has 2 atom stereocenters. The fraction of sp³-hybridized carbons (Fsp3) is 1.00. The third-order valence-electron chi connectivity index (χ3n) is 3.27. The molecule has 0 aliphatic carbocycles. The van der Waals surface area contributed by atoms with Crippen LogP contribution in [0, 0.1) is 0 Å². The predicted octanol–water partition coefficient (Wildman–Crippen LogP) is 3.66. The summed E-state index contributed by atoms with van der Waals surface area (Å²) in [6.07, 6.45) is 0.292. The van der Waals surface area contributed by atoms with Crippen molar-refractivity contribution < 1.29 is 17.9 Å². The maximum atomic E-state index is 12.1. The van der Waals surface area contributed by atoms with E-state index in [2.05, 4.69) is 12.2 Å². The predicted molar refractivity (Wildman–Crippen MR) is 65.6 cm³/mol. The molecule has 0 aromatic rings. The summed E-state index contributed by atoms with van der Waals surface area (Å²) in [4.78, 5) is 0. The van der Waals surface area contributed by atoms with Crippen molar-refractivity contribution in [2.75, 3.05) is 13.2 Å². The zero-order valence-electron chi connectivity index (χ0n) is 11.1. The first-order valence-corrected chi connectivity index (χ1v) is 6.93. The van der Waals surface area contributed by atoms with Crippen LogP contribution in [0.1, 0.15) is 51.9 Å². The minimum Gasteiger partial charge on any atom is -0.378 e. The van der Waals surface area contributed by atoms with Crippen molar-refractivity contribution in [3.05, 3.63) is 0 Å². The van der Waals surface area contributed by atoms with Gasteiger partial charge < -0.3 is 10.1 Å². The topological polar surface area (TPSA) is 21.3 Å². The maximum absolute atomic E-state index is 12.1. The van der Waals surface area contributed by atoms with Gasteiger partial charge in [-0.15, -0.1) is 0 Å². The SMILES string of the molecule is CCCNC(CCCC(F)(F)F)CC1CCCO1. The summed E-state index contributed by atoms with van der Waals surface area (Å²) >= 11 is 0. The fourth-order valence-electron chi connectivity index (χ4n) is 2.35. The van der Waals surface area contributed by atoms with Gasteiger partial charge in [0.05, 0.1) is 6.10 Å². The van der Waals surface area contributed by atoms with E-state index >= 15 is 0 Å². The highest BCUT2D eigenvalue weighted by Gasteiger charge is 2.27. The molecule has 1 rings (SSSR count). The molecule has 1 fully saturated rings. The summed E-state index contributed by atoms with van der Waals surface area (Å²) in [5.41, 5.74) is 0. The van der Waals surface area contributed by atoms with Crippen molar-refractivity contribution in [3.63, 3.8) is 0 Å². The molecule has 1 aliphatic heterocycles. The lowest BCUT2D eigenvalue weighted by atomic mass is 10.0. The molecule has 0 amide bonds. The van der Waals surface area contributed by atoms with Crippen LogP contribution in [0.3, 0.4) is 0 Å². The Morgan fingerprint density at radius 2 is 2.17 bits per heavy atom. The molecule has 0 saturated carbocycles. The average Bonchev–Trinajstić information content (AvgIpc) is 2.76. The Kier molecular flexibility index (Phi) is 7.00. The normalized spacial score (nSPS) is 22.3. The first kappa shape index (κ1) is 15.8. The Balaban J connectivity index is 2.25. The smallest absolute Gasteiger partial charge is 0.378 e. The Hall–Kier alpha value is -0.290. The first-order valence-electron chi connectivity index (χ1n) is 6.93. The number of alkyl halides is 3. The summed E-state index contributed by atoms with van der Waals surface area (Å²) in [5, 5.41) is 3.34. The Morgan fingerprint density at radius 1 is 1.39 bits per heavy atom. The number of hydrogen-bond donors (Lipinski definition) is 1. The van der Waals surface area contributed by atoms with E-state index in [1.807, 2.05) is 0 Å². The van der Waals surface area contributed by atoms with Crippen LogP contribution in [-0.4, -0.2) is 31.5 Å². The van der Waals surface area contributed by atoms with Gasteiger partial charge in [0.2, 0.25) is 0 Å². The van der Waals surface area contributed by atoms with E-state index in [1.54, 1.807) is 0 Å². The zero-order valence-corrected chi connectivity index (χ0v) is 11.1. The Morgan fingerprint density at radius 3 is 2.72 bits per heavy atom. The van der Waals surface area contributed by atoms with Crippen molar-refractivity contribution in [1.82, 2.24) is 5.32 Å². The van der Waals surface area contributed by atoms with Crippen LogP contribution < -0.4 is 5.32 Å². The molecule has 18 heavy (non-hydrogen) atoms. The van der Waals surface area contributed by atoms with Gasteiger partial charge in [0.15, 0.2) is 0 Å². The van der Waals surface area contributed by atoms with Crippen LogP contribution in [0.5, 0.6) is 0 Å². The van der Waals surface area contributed by atoms with Gasteiger partial charge in [-0.1, -0.05) is 6.92 Å². The second-order valence-corrected chi connectivity index (χ2v) is 5.03.